The summed E-state index contributed by atoms with van der Waals surface area (Å²) in [6.07, 6.45) is 1.87. The molecule has 1 atom stereocenters. The van der Waals surface area contributed by atoms with Gasteiger partial charge in [0.15, 0.2) is 0 Å². The van der Waals surface area contributed by atoms with Crippen molar-refractivity contribution >= 4 is 11.6 Å². The highest BCUT2D eigenvalue weighted by atomic mass is 16.5. The van der Waals surface area contributed by atoms with Crippen LogP contribution in [0.4, 0.5) is 5.69 Å². The average Bonchev–Trinajstić information content (AvgIpc) is 3.19. The van der Waals surface area contributed by atoms with E-state index in [9.17, 15) is 4.79 Å². The summed E-state index contributed by atoms with van der Waals surface area (Å²) >= 11 is 0. The molecule has 1 saturated heterocycles. The summed E-state index contributed by atoms with van der Waals surface area (Å²) in [6, 6.07) is 14.2. The van der Waals surface area contributed by atoms with Crippen molar-refractivity contribution in [3.63, 3.8) is 0 Å². The Kier molecular flexibility index (Phi) is 5.95. The van der Waals surface area contributed by atoms with E-state index >= 15 is 0 Å². The molecule has 156 valence electrons. The second kappa shape index (κ2) is 8.79. The predicted octanol–water partition coefficient (Wildman–Crippen LogP) is 4.51. The predicted molar refractivity (Wildman–Crippen MR) is 117 cm³/mol. The van der Waals surface area contributed by atoms with E-state index in [1.54, 1.807) is 0 Å². The molecule has 1 fully saturated rings. The summed E-state index contributed by atoms with van der Waals surface area (Å²) in [7, 11) is 0. The molecule has 1 aromatic heterocycles. The SMILES string of the molecule is Cc1cccc(-c2noc(CN3CCCC(C(=O)Nc4cc(C)ccc4C)C3)n2)c1. The highest BCUT2D eigenvalue weighted by molar-refractivity contribution is 5.93. The van der Waals surface area contributed by atoms with E-state index in [1.807, 2.05) is 57.2 Å². The minimum Gasteiger partial charge on any atom is -0.338 e. The van der Waals surface area contributed by atoms with E-state index < -0.39 is 0 Å². The number of benzene rings is 2. The van der Waals surface area contributed by atoms with Crippen molar-refractivity contribution in [2.45, 2.75) is 40.2 Å². The summed E-state index contributed by atoms with van der Waals surface area (Å²) in [4.78, 5) is 19.6. The number of aromatic nitrogens is 2. The molecule has 1 aliphatic rings. The van der Waals surface area contributed by atoms with Gasteiger partial charge in [-0.15, -0.1) is 0 Å². The Morgan fingerprint density at radius 2 is 2.00 bits per heavy atom. The van der Waals surface area contributed by atoms with Crippen LogP contribution in [0, 0.1) is 26.7 Å². The van der Waals surface area contributed by atoms with Gasteiger partial charge in [-0.3, -0.25) is 9.69 Å². The minimum absolute atomic E-state index is 0.0437. The summed E-state index contributed by atoms with van der Waals surface area (Å²) < 4.78 is 5.48. The lowest BCUT2D eigenvalue weighted by atomic mass is 9.96. The molecule has 1 N–H and O–H groups in total. The van der Waals surface area contributed by atoms with Gasteiger partial charge in [-0.2, -0.15) is 4.98 Å². The molecule has 1 aliphatic heterocycles. The van der Waals surface area contributed by atoms with Gasteiger partial charge in [-0.05, 0) is 63.4 Å². The van der Waals surface area contributed by atoms with Crippen molar-refractivity contribution in [3.05, 3.63) is 65.0 Å². The number of hydrogen-bond acceptors (Lipinski definition) is 5. The average molecular weight is 405 g/mol. The van der Waals surface area contributed by atoms with Gasteiger partial charge in [0, 0.05) is 17.8 Å². The number of nitrogens with one attached hydrogen (secondary N) is 1. The van der Waals surface area contributed by atoms with Crippen LogP contribution in [0.5, 0.6) is 0 Å². The van der Waals surface area contributed by atoms with E-state index in [-0.39, 0.29) is 11.8 Å². The fraction of sp³-hybridized carbons (Fsp3) is 0.375. The number of piperidine rings is 1. The fourth-order valence-electron chi connectivity index (χ4n) is 3.93. The number of carbonyl (C=O) groups excluding carboxylic acids is 1. The first-order chi connectivity index (χ1) is 14.5. The third kappa shape index (κ3) is 4.76. The maximum absolute atomic E-state index is 12.9. The van der Waals surface area contributed by atoms with Crippen molar-refractivity contribution < 1.29 is 9.32 Å². The Balaban J connectivity index is 1.38. The lowest BCUT2D eigenvalue weighted by Crippen LogP contribution is -2.40. The molecule has 30 heavy (non-hydrogen) atoms. The molecule has 0 radical (unpaired) electrons. The number of rotatable bonds is 5. The molecule has 0 saturated carbocycles. The molecular formula is C24H28N4O2. The smallest absolute Gasteiger partial charge is 0.241 e. The Morgan fingerprint density at radius 3 is 2.83 bits per heavy atom. The van der Waals surface area contributed by atoms with Crippen LogP contribution in [-0.4, -0.2) is 34.0 Å². The van der Waals surface area contributed by atoms with Crippen LogP contribution in [-0.2, 0) is 11.3 Å². The van der Waals surface area contributed by atoms with E-state index in [1.165, 1.54) is 0 Å². The Hall–Kier alpha value is -2.99. The molecule has 4 rings (SSSR count). The standard InChI is InChI=1S/C24H28N4O2/c1-16-6-4-7-19(12-16)23-26-22(30-27-23)15-28-11-5-8-20(14-28)24(29)25-21-13-17(2)9-10-18(21)3/h4,6-7,9-10,12-13,20H,5,8,11,14-15H2,1-3H3,(H,25,29). The molecule has 0 spiro atoms. The lowest BCUT2D eigenvalue weighted by molar-refractivity contribution is -0.121. The highest BCUT2D eigenvalue weighted by Gasteiger charge is 2.27. The molecule has 1 amide bonds. The summed E-state index contributed by atoms with van der Waals surface area (Å²) in [5.74, 6) is 1.23. The summed E-state index contributed by atoms with van der Waals surface area (Å²) in [5, 5.41) is 7.25. The Labute approximate surface area is 177 Å². The third-order valence-electron chi connectivity index (χ3n) is 5.63. The van der Waals surface area contributed by atoms with E-state index in [4.69, 9.17) is 4.52 Å². The van der Waals surface area contributed by atoms with Crippen LogP contribution >= 0.6 is 0 Å². The third-order valence-corrected chi connectivity index (χ3v) is 5.63. The Morgan fingerprint density at radius 1 is 1.17 bits per heavy atom. The number of carbonyl (C=O) groups is 1. The van der Waals surface area contributed by atoms with Gasteiger partial charge < -0.3 is 9.84 Å². The fourth-order valence-corrected chi connectivity index (χ4v) is 3.93. The van der Waals surface area contributed by atoms with Crippen molar-refractivity contribution in [1.82, 2.24) is 15.0 Å². The molecule has 2 heterocycles. The summed E-state index contributed by atoms with van der Waals surface area (Å²) in [6.45, 7) is 8.28. The van der Waals surface area contributed by atoms with Crippen molar-refractivity contribution in [2.24, 2.45) is 5.92 Å². The normalized spacial score (nSPS) is 17.1. The van der Waals surface area contributed by atoms with Crippen molar-refractivity contribution in [1.29, 1.82) is 0 Å². The van der Waals surface area contributed by atoms with Crippen LogP contribution in [0.1, 0.15) is 35.4 Å². The van der Waals surface area contributed by atoms with Gasteiger partial charge in [0.2, 0.25) is 17.6 Å². The van der Waals surface area contributed by atoms with Crippen LogP contribution in [0.25, 0.3) is 11.4 Å². The van der Waals surface area contributed by atoms with E-state index in [2.05, 4.69) is 26.4 Å². The molecule has 6 heteroatoms. The van der Waals surface area contributed by atoms with Gasteiger partial charge in [0.05, 0.1) is 12.5 Å². The van der Waals surface area contributed by atoms with Crippen molar-refractivity contribution in [2.75, 3.05) is 18.4 Å². The molecule has 0 aliphatic carbocycles. The van der Waals surface area contributed by atoms with E-state index in [0.717, 1.165) is 47.3 Å². The van der Waals surface area contributed by atoms with Gasteiger partial charge in [-0.25, -0.2) is 0 Å². The van der Waals surface area contributed by atoms with Crippen molar-refractivity contribution in [3.8, 4) is 11.4 Å². The lowest BCUT2D eigenvalue weighted by Gasteiger charge is -2.31. The van der Waals surface area contributed by atoms with Crippen LogP contribution in [0.15, 0.2) is 47.0 Å². The maximum atomic E-state index is 12.9. The number of nitrogens with zero attached hydrogens (tertiary/aromatic N) is 3. The molecule has 0 bridgehead atoms. The maximum Gasteiger partial charge on any atom is 0.241 e. The van der Waals surface area contributed by atoms with E-state index in [0.29, 0.717) is 24.8 Å². The van der Waals surface area contributed by atoms with Crippen LogP contribution in [0.3, 0.4) is 0 Å². The number of aryl methyl sites for hydroxylation is 3. The number of anilines is 1. The van der Waals surface area contributed by atoms with Crippen LogP contribution < -0.4 is 5.32 Å². The van der Waals surface area contributed by atoms with Gasteiger partial charge in [0.25, 0.3) is 0 Å². The van der Waals surface area contributed by atoms with Gasteiger partial charge in [-0.1, -0.05) is 41.1 Å². The topological polar surface area (TPSA) is 71.3 Å². The summed E-state index contributed by atoms with van der Waals surface area (Å²) in [5.41, 5.74) is 5.23. The van der Waals surface area contributed by atoms with Gasteiger partial charge >= 0.3 is 0 Å². The molecule has 3 aromatic rings. The zero-order valence-corrected chi connectivity index (χ0v) is 17.8. The number of hydrogen-bond donors (Lipinski definition) is 1. The minimum atomic E-state index is -0.0437. The first kappa shape index (κ1) is 20.3. The molecule has 2 aromatic carbocycles. The quantitative estimate of drug-likeness (QED) is 0.677. The first-order valence-electron chi connectivity index (χ1n) is 10.5. The number of amides is 1. The van der Waals surface area contributed by atoms with Gasteiger partial charge in [0.1, 0.15) is 0 Å². The monoisotopic (exact) mass is 404 g/mol. The highest BCUT2D eigenvalue weighted by Crippen LogP contribution is 2.23. The molecule has 6 nitrogen and oxygen atoms in total. The molecular weight excluding hydrogens is 376 g/mol. The second-order valence-electron chi connectivity index (χ2n) is 8.26. The zero-order chi connectivity index (χ0) is 21.1. The zero-order valence-electron chi connectivity index (χ0n) is 17.8. The first-order valence-corrected chi connectivity index (χ1v) is 10.5. The molecule has 1 unspecified atom stereocenters. The number of likely N-dealkylation sites (tertiary alicyclic amines) is 1. The largest absolute Gasteiger partial charge is 0.338 e. The van der Waals surface area contributed by atoms with Crippen LogP contribution in [0.2, 0.25) is 0 Å². The Bertz CT molecular complexity index is 1040. The second-order valence-corrected chi connectivity index (χ2v) is 8.26.